The first-order valence-corrected chi connectivity index (χ1v) is 8.34. The van der Waals surface area contributed by atoms with Gasteiger partial charge in [0.1, 0.15) is 6.54 Å². The Kier molecular flexibility index (Phi) is 6.46. The summed E-state index contributed by atoms with van der Waals surface area (Å²) < 4.78 is 10.5. The van der Waals surface area contributed by atoms with E-state index < -0.39 is 0 Å². The van der Waals surface area contributed by atoms with Crippen LogP contribution in [0.2, 0.25) is 0 Å². The highest BCUT2D eigenvalue weighted by molar-refractivity contribution is 5.97. The van der Waals surface area contributed by atoms with Crippen LogP contribution in [0.1, 0.15) is 39.0 Å². The molecule has 1 aromatic rings. The molecule has 0 heterocycles. The van der Waals surface area contributed by atoms with E-state index in [0.717, 1.165) is 25.7 Å². The number of benzene rings is 1. The first kappa shape index (κ1) is 18.1. The Morgan fingerprint density at radius 3 is 2.38 bits per heavy atom. The van der Waals surface area contributed by atoms with E-state index in [1.165, 1.54) is 25.4 Å². The molecule has 1 N–H and O–H groups in total. The van der Waals surface area contributed by atoms with Gasteiger partial charge in [0.15, 0.2) is 11.5 Å². The molecule has 0 aliphatic heterocycles. The maximum Gasteiger partial charge on any atom is 0.240 e. The van der Waals surface area contributed by atoms with Crippen molar-refractivity contribution in [3.8, 4) is 11.5 Å². The summed E-state index contributed by atoms with van der Waals surface area (Å²) >= 11 is 0. The van der Waals surface area contributed by atoms with Gasteiger partial charge in [-0.1, -0.05) is 19.3 Å². The fourth-order valence-electron chi connectivity index (χ4n) is 3.04. The second kappa shape index (κ2) is 8.57. The minimum Gasteiger partial charge on any atom is -0.493 e. The summed E-state index contributed by atoms with van der Waals surface area (Å²) in [6.45, 7) is 1.45. The summed E-state index contributed by atoms with van der Waals surface area (Å²) in [5, 5.41) is 3.04. The number of carbonyl (C=O) groups is 2. The predicted molar refractivity (Wildman–Crippen MR) is 92.6 cm³/mol. The maximum absolute atomic E-state index is 12.3. The highest BCUT2D eigenvalue weighted by atomic mass is 16.5. The molecular formula is C18H26N2O4. The Labute approximate surface area is 143 Å². The van der Waals surface area contributed by atoms with Crippen LogP contribution in [0.15, 0.2) is 18.2 Å². The normalized spacial score (nSPS) is 14.8. The van der Waals surface area contributed by atoms with Crippen LogP contribution in [-0.4, -0.2) is 38.6 Å². The van der Waals surface area contributed by atoms with E-state index in [9.17, 15) is 9.59 Å². The third kappa shape index (κ3) is 4.63. The number of rotatable bonds is 6. The van der Waals surface area contributed by atoms with Crippen molar-refractivity contribution in [2.24, 2.45) is 0 Å². The lowest BCUT2D eigenvalue weighted by molar-refractivity contribution is -0.123. The molecule has 0 atom stereocenters. The molecule has 1 fully saturated rings. The van der Waals surface area contributed by atoms with Crippen molar-refractivity contribution in [1.82, 2.24) is 5.32 Å². The zero-order valence-electron chi connectivity index (χ0n) is 14.6. The number of methoxy groups -OCH3 is 2. The largest absolute Gasteiger partial charge is 0.493 e. The zero-order chi connectivity index (χ0) is 17.5. The molecule has 0 bridgehead atoms. The standard InChI is InChI=1S/C18H26N2O4/c1-13(21)20(12-18(22)19-14-7-5-4-6-8-14)15-9-10-16(23-2)17(11-15)24-3/h9-11,14H,4-8,12H2,1-3H3,(H,19,22). The number of amides is 2. The van der Waals surface area contributed by atoms with Crippen molar-refractivity contribution >= 4 is 17.5 Å². The number of carbonyl (C=O) groups excluding carboxylic acids is 2. The van der Waals surface area contributed by atoms with Gasteiger partial charge in [-0.25, -0.2) is 0 Å². The molecule has 0 spiro atoms. The molecule has 24 heavy (non-hydrogen) atoms. The quantitative estimate of drug-likeness (QED) is 0.868. The Morgan fingerprint density at radius 1 is 1.12 bits per heavy atom. The summed E-state index contributed by atoms with van der Waals surface area (Å²) in [5.74, 6) is 0.776. The lowest BCUT2D eigenvalue weighted by Crippen LogP contribution is -2.44. The van der Waals surface area contributed by atoms with Crippen molar-refractivity contribution in [2.45, 2.75) is 45.1 Å². The number of anilines is 1. The second-order valence-corrected chi connectivity index (χ2v) is 6.05. The van der Waals surface area contributed by atoms with Crippen LogP contribution in [0.25, 0.3) is 0 Å². The maximum atomic E-state index is 12.3. The van der Waals surface area contributed by atoms with Gasteiger partial charge in [0.25, 0.3) is 0 Å². The van der Waals surface area contributed by atoms with Crippen LogP contribution in [0.4, 0.5) is 5.69 Å². The van der Waals surface area contributed by atoms with Gasteiger partial charge in [-0.05, 0) is 25.0 Å². The van der Waals surface area contributed by atoms with Crippen molar-refractivity contribution in [2.75, 3.05) is 25.7 Å². The highest BCUT2D eigenvalue weighted by Crippen LogP contribution is 2.31. The second-order valence-electron chi connectivity index (χ2n) is 6.05. The monoisotopic (exact) mass is 334 g/mol. The minimum absolute atomic E-state index is 0.00131. The van der Waals surface area contributed by atoms with E-state index in [4.69, 9.17) is 9.47 Å². The van der Waals surface area contributed by atoms with E-state index >= 15 is 0 Å². The molecule has 1 aliphatic rings. The minimum atomic E-state index is -0.194. The van der Waals surface area contributed by atoms with E-state index in [-0.39, 0.29) is 24.4 Å². The number of nitrogens with one attached hydrogen (secondary N) is 1. The number of nitrogens with zero attached hydrogens (tertiary/aromatic N) is 1. The highest BCUT2D eigenvalue weighted by Gasteiger charge is 2.21. The van der Waals surface area contributed by atoms with Gasteiger partial charge in [-0.3, -0.25) is 9.59 Å². The number of ether oxygens (including phenoxy) is 2. The molecular weight excluding hydrogens is 308 g/mol. The Morgan fingerprint density at radius 2 is 1.79 bits per heavy atom. The molecule has 1 aliphatic carbocycles. The van der Waals surface area contributed by atoms with Gasteiger partial charge < -0.3 is 19.7 Å². The van der Waals surface area contributed by atoms with Crippen molar-refractivity contribution in [1.29, 1.82) is 0 Å². The van der Waals surface area contributed by atoms with Crippen LogP contribution in [0.5, 0.6) is 11.5 Å². The fraction of sp³-hybridized carbons (Fsp3) is 0.556. The summed E-state index contributed by atoms with van der Waals surface area (Å²) in [5.41, 5.74) is 0.610. The van der Waals surface area contributed by atoms with Gasteiger partial charge in [0.2, 0.25) is 11.8 Å². The fourth-order valence-corrected chi connectivity index (χ4v) is 3.04. The lowest BCUT2D eigenvalue weighted by Gasteiger charge is -2.26. The Bertz CT molecular complexity index is 582. The molecule has 6 nitrogen and oxygen atoms in total. The van der Waals surface area contributed by atoms with Gasteiger partial charge >= 0.3 is 0 Å². The summed E-state index contributed by atoms with van der Waals surface area (Å²) in [7, 11) is 3.09. The van der Waals surface area contributed by atoms with Gasteiger partial charge in [-0.2, -0.15) is 0 Å². The predicted octanol–water partition coefficient (Wildman–Crippen LogP) is 2.51. The summed E-state index contributed by atoms with van der Waals surface area (Å²) in [6.07, 6.45) is 5.57. The Hall–Kier alpha value is -2.24. The molecule has 132 valence electrons. The molecule has 1 saturated carbocycles. The molecule has 0 aromatic heterocycles. The lowest BCUT2D eigenvalue weighted by atomic mass is 9.95. The molecule has 1 aromatic carbocycles. The third-order valence-electron chi connectivity index (χ3n) is 4.33. The van der Waals surface area contributed by atoms with E-state index in [0.29, 0.717) is 17.2 Å². The van der Waals surface area contributed by atoms with Gasteiger partial charge in [-0.15, -0.1) is 0 Å². The first-order chi connectivity index (χ1) is 11.5. The molecule has 0 radical (unpaired) electrons. The molecule has 0 unspecified atom stereocenters. The van der Waals surface area contributed by atoms with Gasteiger partial charge in [0.05, 0.1) is 14.2 Å². The topological polar surface area (TPSA) is 67.9 Å². The van der Waals surface area contributed by atoms with Crippen LogP contribution < -0.4 is 19.7 Å². The van der Waals surface area contributed by atoms with E-state index in [2.05, 4.69) is 5.32 Å². The zero-order valence-corrected chi connectivity index (χ0v) is 14.6. The number of hydrogen-bond donors (Lipinski definition) is 1. The van der Waals surface area contributed by atoms with Crippen molar-refractivity contribution in [3.05, 3.63) is 18.2 Å². The van der Waals surface area contributed by atoms with E-state index in [1.54, 1.807) is 25.3 Å². The molecule has 6 heteroatoms. The Balaban J connectivity index is 2.08. The van der Waals surface area contributed by atoms with Crippen molar-refractivity contribution < 1.29 is 19.1 Å². The van der Waals surface area contributed by atoms with Crippen LogP contribution >= 0.6 is 0 Å². The summed E-state index contributed by atoms with van der Waals surface area (Å²) in [6, 6.07) is 5.40. The van der Waals surface area contributed by atoms with E-state index in [1.807, 2.05) is 0 Å². The number of hydrogen-bond acceptors (Lipinski definition) is 4. The average molecular weight is 334 g/mol. The molecule has 2 amide bonds. The van der Waals surface area contributed by atoms with Crippen molar-refractivity contribution in [3.63, 3.8) is 0 Å². The SMILES string of the molecule is COc1ccc(N(CC(=O)NC2CCCCC2)C(C)=O)cc1OC. The molecule has 0 saturated heterocycles. The molecule has 2 rings (SSSR count). The first-order valence-electron chi connectivity index (χ1n) is 8.34. The van der Waals surface area contributed by atoms with Crippen LogP contribution in [0, 0.1) is 0 Å². The van der Waals surface area contributed by atoms with Gasteiger partial charge in [0, 0.05) is 24.7 Å². The average Bonchev–Trinajstić information content (AvgIpc) is 2.59. The summed E-state index contributed by atoms with van der Waals surface area (Å²) in [4.78, 5) is 25.8. The van der Waals surface area contributed by atoms with Crippen LogP contribution in [-0.2, 0) is 9.59 Å². The smallest absolute Gasteiger partial charge is 0.240 e. The van der Waals surface area contributed by atoms with Crippen LogP contribution in [0.3, 0.4) is 0 Å². The third-order valence-corrected chi connectivity index (χ3v) is 4.33.